The second kappa shape index (κ2) is 11.6. The largest absolute Gasteiger partial charge is 0.497 e. The first-order valence-electron chi connectivity index (χ1n) is 10.1. The predicted octanol–water partition coefficient (Wildman–Crippen LogP) is 5.17. The highest BCUT2D eigenvalue weighted by Gasteiger charge is 2.12. The van der Waals surface area contributed by atoms with Gasteiger partial charge in [0.05, 0.1) is 12.0 Å². The molecule has 0 unspecified atom stereocenters. The maximum Gasteiger partial charge on any atom is 0.269 e. The number of nitrogens with one attached hydrogen (secondary N) is 1. The Morgan fingerprint density at radius 1 is 1.12 bits per heavy atom. The molecule has 0 saturated carbocycles. The molecule has 0 aromatic heterocycles. The smallest absolute Gasteiger partial charge is 0.269 e. The monoisotopic (exact) mass is 521 g/mol. The number of nitrogens with zero attached hydrogens (tertiary/aromatic N) is 2. The molecule has 0 spiro atoms. The average molecular weight is 522 g/mol. The minimum absolute atomic E-state index is 0.00433. The second-order valence-corrected chi connectivity index (χ2v) is 8.01. The number of halogens is 1. The van der Waals surface area contributed by atoms with Gasteiger partial charge in [0.15, 0.2) is 0 Å². The molecule has 1 N–H and O–H groups in total. The first-order chi connectivity index (χ1) is 16.4. The number of methoxy groups -OCH3 is 1. The van der Waals surface area contributed by atoms with E-state index in [0.29, 0.717) is 17.1 Å². The standard InChI is InChI=1S/C25H20BrN3O5/c1-33-23-9-4-17(5-10-23)15-28-25(30)20(14-27)12-19-13-21(26)6-11-24(19)34-16-18-2-7-22(8-3-18)29(31)32/h2-13H,15-16H2,1H3,(H,28,30)/b20-12-. The minimum atomic E-state index is -0.514. The Bertz CT molecular complexity index is 1250. The van der Waals surface area contributed by atoms with Crippen molar-refractivity contribution in [2.45, 2.75) is 13.2 Å². The first-order valence-corrected chi connectivity index (χ1v) is 10.9. The van der Waals surface area contributed by atoms with Crippen LogP contribution in [0.25, 0.3) is 6.08 Å². The number of amides is 1. The Kier molecular flexibility index (Phi) is 8.37. The molecule has 0 aliphatic heterocycles. The lowest BCUT2D eigenvalue weighted by atomic mass is 10.1. The summed E-state index contributed by atoms with van der Waals surface area (Å²) in [6.07, 6.45) is 1.46. The first kappa shape index (κ1) is 24.5. The van der Waals surface area contributed by atoms with Gasteiger partial charge in [0, 0.05) is 28.7 Å². The van der Waals surface area contributed by atoms with Crippen LogP contribution in [0.15, 0.2) is 76.8 Å². The number of benzene rings is 3. The van der Waals surface area contributed by atoms with Crippen molar-refractivity contribution in [3.8, 4) is 17.6 Å². The number of rotatable bonds is 9. The van der Waals surface area contributed by atoms with E-state index in [4.69, 9.17) is 9.47 Å². The van der Waals surface area contributed by atoms with Crippen LogP contribution in [-0.4, -0.2) is 17.9 Å². The number of ether oxygens (including phenoxy) is 2. The molecule has 172 valence electrons. The van der Waals surface area contributed by atoms with Crippen molar-refractivity contribution in [3.05, 3.63) is 104 Å². The topological polar surface area (TPSA) is 114 Å². The van der Waals surface area contributed by atoms with Crippen molar-refractivity contribution in [1.29, 1.82) is 5.26 Å². The zero-order valence-electron chi connectivity index (χ0n) is 18.2. The summed E-state index contributed by atoms with van der Waals surface area (Å²) in [5.74, 6) is 0.653. The lowest BCUT2D eigenvalue weighted by Gasteiger charge is -2.11. The number of nitriles is 1. The number of non-ortho nitro benzene ring substituents is 1. The third-order valence-corrected chi connectivity index (χ3v) is 5.28. The molecule has 8 nitrogen and oxygen atoms in total. The van der Waals surface area contributed by atoms with Gasteiger partial charge in [-0.25, -0.2) is 0 Å². The lowest BCUT2D eigenvalue weighted by Crippen LogP contribution is -2.23. The molecule has 0 aliphatic carbocycles. The molecular formula is C25H20BrN3O5. The maximum absolute atomic E-state index is 12.6. The molecule has 3 aromatic carbocycles. The van der Waals surface area contributed by atoms with Gasteiger partial charge >= 0.3 is 0 Å². The van der Waals surface area contributed by atoms with Gasteiger partial charge < -0.3 is 14.8 Å². The molecule has 0 radical (unpaired) electrons. The Hall–Kier alpha value is -4.16. The predicted molar refractivity (Wildman–Crippen MR) is 130 cm³/mol. The molecule has 0 atom stereocenters. The van der Waals surface area contributed by atoms with Crippen LogP contribution in [0.4, 0.5) is 5.69 Å². The summed E-state index contributed by atoms with van der Waals surface area (Å²) in [4.78, 5) is 22.9. The summed E-state index contributed by atoms with van der Waals surface area (Å²) in [6, 6.07) is 20.4. The van der Waals surface area contributed by atoms with Gasteiger partial charge in [-0.2, -0.15) is 5.26 Å². The van der Waals surface area contributed by atoms with Crippen molar-refractivity contribution in [1.82, 2.24) is 5.32 Å². The van der Waals surface area contributed by atoms with Crippen molar-refractivity contribution < 1.29 is 19.2 Å². The van der Waals surface area contributed by atoms with E-state index < -0.39 is 10.8 Å². The number of nitro groups is 1. The average Bonchev–Trinajstić information content (AvgIpc) is 2.85. The van der Waals surface area contributed by atoms with Crippen molar-refractivity contribution >= 4 is 33.6 Å². The van der Waals surface area contributed by atoms with Crippen molar-refractivity contribution in [2.24, 2.45) is 0 Å². The highest BCUT2D eigenvalue weighted by atomic mass is 79.9. The van der Waals surface area contributed by atoms with Crippen LogP contribution in [0.3, 0.4) is 0 Å². The number of hydrogen-bond acceptors (Lipinski definition) is 6. The van der Waals surface area contributed by atoms with E-state index in [-0.39, 0.29) is 24.4 Å². The number of carbonyl (C=O) groups is 1. The van der Waals surface area contributed by atoms with Crippen LogP contribution in [0.2, 0.25) is 0 Å². The zero-order valence-corrected chi connectivity index (χ0v) is 19.7. The fraction of sp³-hybridized carbons (Fsp3) is 0.120. The van der Waals surface area contributed by atoms with Crippen molar-refractivity contribution in [2.75, 3.05) is 7.11 Å². The molecule has 0 aliphatic rings. The summed E-state index contributed by atoms with van der Waals surface area (Å²) < 4.78 is 11.7. The molecular weight excluding hydrogens is 502 g/mol. The Morgan fingerprint density at radius 2 is 1.79 bits per heavy atom. The van der Waals surface area contributed by atoms with Crippen LogP contribution in [-0.2, 0) is 17.9 Å². The molecule has 9 heteroatoms. The van der Waals surface area contributed by atoms with Crippen LogP contribution >= 0.6 is 15.9 Å². The van der Waals surface area contributed by atoms with Gasteiger partial charge in [0.2, 0.25) is 0 Å². The van der Waals surface area contributed by atoms with Gasteiger partial charge in [-0.05, 0) is 59.7 Å². The van der Waals surface area contributed by atoms with Crippen molar-refractivity contribution in [3.63, 3.8) is 0 Å². The van der Waals surface area contributed by atoms with Crippen LogP contribution in [0, 0.1) is 21.4 Å². The molecule has 1 amide bonds. The van der Waals surface area contributed by atoms with E-state index in [1.807, 2.05) is 18.2 Å². The molecule has 0 fully saturated rings. The molecule has 3 aromatic rings. The van der Waals surface area contributed by atoms with E-state index in [9.17, 15) is 20.2 Å². The zero-order chi connectivity index (χ0) is 24.5. The molecule has 0 heterocycles. The second-order valence-electron chi connectivity index (χ2n) is 7.09. The summed E-state index contributed by atoms with van der Waals surface area (Å²) in [5.41, 5.74) is 2.05. The summed E-state index contributed by atoms with van der Waals surface area (Å²) >= 11 is 3.39. The molecule has 0 saturated heterocycles. The van der Waals surface area contributed by atoms with Gasteiger partial charge in [-0.3, -0.25) is 14.9 Å². The number of carbonyl (C=O) groups excluding carboxylic acids is 1. The van der Waals surface area contributed by atoms with Gasteiger partial charge in [0.1, 0.15) is 29.7 Å². The summed E-state index contributed by atoms with van der Waals surface area (Å²) in [7, 11) is 1.58. The third-order valence-electron chi connectivity index (χ3n) is 4.79. The van der Waals surface area contributed by atoms with Crippen LogP contribution in [0.5, 0.6) is 11.5 Å². The van der Waals surface area contributed by atoms with Gasteiger partial charge in [0.25, 0.3) is 11.6 Å². The maximum atomic E-state index is 12.6. The quantitative estimate of drug-likeness (QED) is 0.180. The summed E-state index contributed by atoms with van der Waals surface area (Å²) in [5, 5.41) is 23.1. The SMILES string of the molecule is COc1ccc(CNC(=O)/C(C#N)=C\c2cc(Br)ccc2OCc2ccc([N+](=O)[O-])cc2)cc1. The highest BCUT2D eigenvalue weighted by molar-refractivity contribution is 9.10. The van der Waals surface area contributed by atoms with E-state index in [1.54, 1.807) is 49.6 Å². The minimum Gasteiger partial charge on any atom is -0.497 e. The Labute approximate surface area is 204 Å². The molecule has 3 rings (SSSR count). The fourth-order valence-corrected chi connectivity index (χ4v) is 3.34. The molecule has 0 bridgehead atoms. The number of hydrogen-bond donors (Lipinski definition) is 1. The van der Waals surface area contributed by atoms with E-state index >= 15 is 0 Å². The van der Waals surface area contributed by atoms with E-state index in [2.05, 4.69) is 21.2 Å². The Balaban J connectivity index is 1.72. The van der Waals surface area contributed by atoms with Crippen LogP contribution < -0.4 is 14.8 Å². The van der Waals surface area contributed by atoms with E-state index in [1.165, 1.54) is 18.2 Å². The summed E-state index contributed by atoms with van der Waals surface area (Å²) in [6.45, 7) is 0.413. The normalized spacial score (nSPS) is 10.8. The van der Waals surface area contributed by atoms with Crippen LogP contribution in [0.1, 0.15) is 16.7 Å². The Morgan fingerprint density at radius 3 is 2.41 bits per heavy atom. The molecule has 34 heavy (non-hydrogen) atoms. The lowest BCUT2D eigenvalue weighted by molar-refractivity contribution is -0.384. The van der Waals surface area contributed by atoms with Gasteiger partial charge in [-0.1, -0.05) is 28.1 Å². The number of nitro benzene ring substituents is 1. The van der Waals surface area contributed by atoms with E-state index in [0.717, 1.165) is 15.6 Å². The van der Waals surface area contributed by atoms with Gasteiger partial charge in [-0.15, -0.1) is 0 Å². The third kappa shape index (κ3) is 6.67. The highest BCUT2D eigenvalue weighted by Crippen LogP contribution is 2.27. The fourth-order valence-electron chi connectivity index (χ4n) is 2.96.